The number of urea groups is 1. The van der Waals surface area contributed by atoms with Crippen LogP contribution in [0.5, 0.6) is 0 Å². The maximum absolute atomic E-state index is 12.9. The fourth-order valence-electron chi connectivity index (χ4n) is 4.03. The number of aromatic nitrogens is 1. The van der Waals surface area contributed by atoms with Crippen LogP contribution >= 0.6 is 9.24 Å². The molecule has 170 valence electrons. The molecule has 3 amide bonds. The van der Waals surface area contributed by atoms with Crippen LogP contribution in [0.15, 0.2) is 41.0 Å². The Morgan fingerprint density at radius 3 is 2.59 bits per heavy atom. The summed E-state index contributed by atoms with van der Waals surface area (Å²) in [6.45, 7) is 7.63. The standard InChI is InChI=1S/C24H32N5O2P/c1-5-6-16(2)26-12-11-20-17(3)22(23(30)25-4)21-15-28(13-14-29(20)21)24(31)27-18-7-9-19(32)10-8-18/h6-10,12H,5,11,13-15,32H2,1-4H3,(H,25,30)(H,27,31)/b16-6-,26-12?. The van der Waals surface area contributed by atoms with Gasteiger partial charge in [-0.2, -0.15) is 0 Å². The summed E-state index contributed by atoms with van der Waals surface area (Å²) in [6, 6.07) is 7.44. The quantitative estimate of drug-likeness (QED) is 0.518. The highest BCUT2D eigenvalue weighted by atomic mass is 31.0. The van der Waals surface area contributed by atoms with Crippen molar-refractivity contribution in [2.75, 3.05) is 18.9 Å². The van der Waals surface area contributed by atoms with Gasteiger partial charge in [0.05, 0.1) is 17.8 Å². The fraction of sp³-hybridized carbons (Fsp3) is 0.375. The number of fused-ring (bicyclic) bond motifs is 1. The predicted molar refractivity (Wildman–Crippen MR) is 134 cm³/mol. The van der Waals surface area contributed by atoms with Crippen molar-refractivity contribution in [3.8, 4) is 0 Å². The zero-order valence-corrected chi connectivity index (χ0v) is 20.4. The maximum Gasteiger partial charge on any atom is 0.322 e. The molecule has 1 aromatic heterocycles. The number of carbonyl (C=O) groups excluding carboxylic acids is 2. The molecule has 32 heavy (non-hydrogen) atoms. The number of nitrogens with one attached hydrogen (secondary N) is 2. The van der Waals surface area contributed by atoms with E-state index in [1.165, 1.54) is 0 Å². The van der Waals surface area contributed by atoms with Gasteiger partial charge < -0.3 is 20.1 Å². The lowest BCUT2D eigenvalue weighted by Gasteiger charge is -2.30. The molecule has 1 unspecified atom stereocenters. The van der Waals surface area contributed by atoms with E-state index < -0.39 is 0 Å². The summed E-state index contributed by atoms with van der Waals surface area (Å²) in [5, 5.41) is 6.76. The monoisotopic (exact) mass is 453 g/mol. The molecule has 2 heterocycles. The van der Waals surface area contributed by atoms with Crippen molar-refractivity contribution in [1.29, 1.82) is 0 Å². The molecule has 1 atom stereocenters. The van der Waals surface area contributed by atoms with E-state index in [1.54, 1.807) is 11.9 Å². The first-order chi connectivity index (χ1) is 15.3. The van der Waals surface area contributed by atoms with Crippen LogP contribution in [0.4, 0.5) is 10.5 Å². The zero-order chi connectivity index (χ0) is 23.3. The fourth-order valence-corrected chi connectivity index (χ4v) is 4.22. The van der Waals surface area contributed by atoms with Crippen molar-refractivity contribution >= 4 is 38.4 Å². The van der Waals surface area contributed by atoms with Gasteiger partial charge in [0.15, 0.2) is 0 Å². The van der Waals surface area contributed by atoms with Crippen LogP contribution in [0.2, 0.25) is 0 Å². The molecule has 0 spiro atoms. The maximum atomic E-state index is 12.9. The number of rotatable bonds is 6. The molecule has 0 aliphatic carbocycles. The zero-order valence-electron chi connectivity index (χ0n) is 19.2. The van der Waals surface area contributed by atoms with Crippen LogP contribution < -0.4 is 15.9 Å². The Kier molecular flexibility index (Phi) is 7.86. The van der Waals surface area contributed by atoms with Gasteiger partial charge in [0.1, 0.15) is 0 Å². The third kappa shape index (κ3) is 5.28. The number of carbonyl (C=O) groups is 2. The van der Waals surface area contributed by atoms with E-state index in [0.717, 1.165) is 40.1 Å². The highest BCUT2D eigenvalue weighted by Crippen LogP contribution is 2.28. The molecule has 7 nitrogen and oxygen atoms in total. The van der Waals surface area contributed by atoms with Crippen LogP contribution in [0.3, 0.4) is 0 Å². The summed E-state index contributed by atoms with van der Waals surface area (Å²) in [4.78, 5) is 31.9. The minimum absolute atomic E-state index is 0.130. The highest BCUT2D eigenvalue weighted by Gasteiger charge is 2.30. The molecule has 2 N–H and O–H groups in total. The van der Waals surface area contributed by atoms with Gasteiger partial charge in [0.2, 0.25) is 0 Å². The number of amides is 3. The topological polar surface area (TPSA) is 78.7 Å². The van der Waals surface area contributed by atoms with Gasteiger partial charge in [-0.15, -0.1) is 9.24 Å². The van der Waals surface area contributed by atoms with E-state index in [-0.39, 0.29) is 11.9 Å². The second-order valence-corrected chi connectivity index (χ2v) is 8.53. The molecule has 1 aromatic carbocycles. The van der Waals surface area contributed by atoms with Gasteiger partial charge in [-0.05, 0) is 43.3 Å². The highest BCUT2D eigenvalue weighted by molar-refractivity contribution is 7.27. The lowest BCUT2D eigenvalue weighted by molar-refractivity contribution is 0.0959. The van der Waals surface area contributed by atoms with Gasteiger partial charge in [0, 0.05) is 49.9 Å². The van der Waals surface area contributed by atoms with Crippen molar-refractivity contribution < 1.29 is 9.59 Å². The lowest BCUT2D eigenvalue weighted by atomic mass is 10.1. The summed E-state index contributed by atoms with van der Waals surface area (Å²) in [6.07, 6.45) is 5.57. The van der Waals surface area contributed by atoms with Gasteiger partial charge >= 0.3 is 6.03 Å². The van der Waals surface area contributed by atoms with Crippen LogP contribution in [0.1, 0.15) is 47.6 Å². The van der Waals surface area contributed by atoms with Crippen molar-refractivity contribution in [3.05, 3.63) is 58.6 Å². The number of nitrogens with zero attached hydrogens (tertiary/aromatic N) is 3. The van der Waals surface area contributed by atoms with Crippen LogP contribution in [-0.2, 0) is 19.5 Å². The smallest absolute Gasteiger partial charge is 0.322 e. The number of hydrogen-bond donors (Lipinski definition) is 2. The first-order valence-electron chi connectivity index (χ1n) is 10.9. The molecule has 0 bridgehead atoms. The second kappa shape index (κ2) is 10.6. The molecule has 1 aliphatic heterocycles. The van der Waals surface area contributed by atoms with Gasteiger partial charge in [0.25, 0.3) is 5.91 Å². The second-order valence-electron chi connectivity index (χ2n) is 7.87. The minimum atomic E-state index is -0.169. The van der Waals surface area contributed by atoms with E-state index >= 15 is 0 Å². The van der Waals surface area contributed by atoms with Gasteiger partial charge in [-0.25, -0.2) is 4.79 Å². The number of allylic oxidation sites excluding steroid dienone is 2. The molecule has 0 saturated carbocycles. The van der Waals surface area contributed by atoms with E-state index in [2.05, 4.69) is 42.4 Å². The Balaban J connectivity index is 1.85. The van der Waals surface area contributed by atoms with E-state index in [0.29, 0.717) is 31.6 Å². The first-order valence-corrected chi connectivity index (χ1v) is 11.5. The van der Waals surface area contributed by atoms with Crippen molar-refractivity contribution in [1.82, 2.24) is 14.8 Å². The third-order valence-corrected chi connectivity index (χ3v) is 6.05. The van der Waals surface area contributed by atoms with Crippen molar-refractivity contribution in [3.63, 3.8) is 0 Å². The Labute approximate surface area is 192 Å². The average molecular weight is 454 g/mol. The van der Waals surface area contributed by atoms with Crippen LogP contribution in [-0.4, -0.2) is 41.2 Å². The Bertz CT molecular complexity index is 1050. The SMILES string of the molecule is CC/C=C(/C)N=CCc1c(C)c(C(=O)NC)c2n1CCN(C(=O)Nc1ccc(P)cc1)C2. The molecule has 2 aromatic rings. The molecule has 1 aliphatic rings. The number of aliphatic imine (C=N–C) groups is 1. The molecule has 0 saturated heterocycles. The predicted octanol–water partition coefficient (Wildman–Crippen LogP) is 3.63. The summed E-state index contributed by atoms with van der Waals surface area (Å²) in [5.41, 5.74) is 5.27. The Morgan fingerprint density at radius 2 is 1.94 bits per heavy atom. The summed E-state index contributed by atoms with van der Waals surface area (Å²) in [5.74, 6) is -0.130. The Hall–Kier alpha value is -2.92. The largest absolute Gasteiger partial charge is 0.355 e. The number of benzene rings is 1. The van der Waals surface area contributed by atoms with Gasteiger partial charge in [-0.1, -0.05) is 25.1 Å². The number of anilines is 1. The summed E-state index contributed by atoms with van der Waals surface area (Å²) >= 11 is 0. The van der Waals surface area contributed by atoms with Crippen molar-refractivity contribution in [2.45, 2.75) is 46.7 Å². The molecule has 0 fully saturated rings. The third-order valence-electron chi connectivity index (χ3n) is 5.66. The van der Waals surface area contributed by atoms with E-state index in [4.69, 9.17) is 0 Å². The molecule has 8 heteroatoms. The molecular weight excluding hydrogens is 421 g/mol. The van der Waals surface area contributed by atoms with Crippen LogP contribution in [0, 0.1) is 6.92 Å². The lowest BCUT2D eigenvalue weighted by Crippen LogP contribution is -2.41. The molecule has 0 radical (unpaired) electrons. The normalized spacial score (nSPS) is 13.9. The molecule has 3 rings (SSSR count). The summed E-state index contributed by atoms with van der Waals surface area (Å²) in [7, 11) is 4.26. The van der Waals surface area contributed by atoms with Gasteiger partial charge in [-0.3, -0.25) is 9.79 Å². The number of hydrogen-bond acceptors (Lipinski definition) is 3. The summed E-state index contributed by atoms with van der Waals surface area (Å²) < 4.78 is 2.18. The van der Waals surface area contributed by atoms with E-state index in [9.17, 15) is 9.59 Å². The average Bonchev–Trinajstić information content (AvgIpc) is 3.05. The van der Waals surface area contributed by atoms with Crippen LogP contribution in [0.25, 0.3) is 0 Å². The van der Waals surface area contributed by atoms with E-state index in [1.807, 2.05) is 44.3 Å². The molecular formula is C24H32N5O2P. The first kappa shape index (κ1) is 23.7. The van der Waals surface area contributed by atoms with Crippen molar-refractivity contribution in [2.24, 2.45) is 4.99 Å². The minimum Gasteiger partial charge on any atom is -0.355 e. The Morgan fingerprint density at radius 1 is 1.22 bits per heavy atom.